The first-order chi connectivity index (χ1) is 18.4. The summed E-state index contributed by atoms with van der Waals surface area (Å²) in [5.41, 5.74) is 10.0. The molecule has 4 rings (SSSR count). The Morgan fingerprint density at radius 3 is 2.10 bits per heavy atom. The Morgan fingerprint density at radius 1 is 0.872 bits per heavy atom. The van der Waals surface area contributed by atoms with Crippen molar-refractivity contribution >= 4 is 17.6 Å². The predicted molar refractivity (Wildman–Crippen MR) is 157 cm³/mol. The number of nitrogens with two attached hydrogens (primary N) is 1. The van der Waals surface area contributed by atoms with Gasteiger partial charge < -0.3 is 16.4 Å². The van der Waals surface area contributed by atoms with Gasteiger partial charge in [0.05, 0.1) is 0 Å². The third kappa shape index (κ3) is 7.51. The van der Waals surface area contributed by atoms with Crippen LogP contribution < -0.4 is 16.4 Å². The summed E-state index contributed by atoms with van der Waals surface area (Å²) in [4.78, 5) is 25.2. The quantitative estimate of drug-likeness (QED) is 0.346. The lowest BCUT2D eigenvalue weighted by Gasteiger charge is -2.31. The Hall–Kier alpha value is -3.58. The second kappa shape index (κ2) is 11.7. The summed E-state index contributed by atoms with van der Waals surface area (Å²) in [6, 6.07) is 20.1. The van der Waals surface area contributed by atoms with Gasteiger partial charge in [-0.15, -0.1) is 10.2 Å². The first-order valence-corrected chi connectivity index (χ1v) is 13.8. The fraction of sp³-hybridized carbons (Fsp3) is 0.438. The van der Waals surface area contributed by atoms with E-state index < -0.39 is 11.0 Å². The van der Waals surface area contributed by atoms with Gasteiger partial charge >= 0.3 is 0 Å². The highest BCUT2D eigenvalue weighted by molar-refractivity contribution is 5.91. The van der Waals surface area contributed by atoms with E-state index in [1.54, 1.807) is 0 Å². The van der Waals surface area contributed by atoms with Crippen molar-refractivity contribution in [3.05, 3.63) is 66.2 Å². The van der Waals surface area contributed by atoms with Gasteiger partial charge in [0.15, 0.2) is 5.82 Å². The van der Waals surface area contributed by atoms with E-state index in [0.29, 0.717) is 18.2 Å². The smallest absolute Gasteiger partial charge is 0.225 e. The molecule has 1 aliphatic rings. The van der Waals surface area contributed by atoms with E-state index in [1.165, 1.54) is 0 Å². The van der Waals surface area contributed by atoms with E-state index in [1.807, 2.05) is 95.3 Å². The van der Waals surface area contributed by atoms with E-state index in [0.717, 1.165) is 53.6 Å². The van der Waals surface area contributed by atoms with Gasteiger partial charge in [-0.2, -0.15) is 0 Å². The molecule has 0 saturated heterocycles. The van der Waals surface area contributed by atoms with Crippen molar-refractivity contribution in [1.82, 2.24) is 15.5 Å². The molecule has 1 saturated carbocycles. The highest BCUT2D eigenvalue weighted by Crippen LogP contribution is 2.33. The predicted octanol–water partition coefficient (Wildman–Crippen LogP) is 6.05. The van der Waals surface area contributed by atoms with Crippen LogP contribution in [0.2, 0.25) is 0 Å². The molecular formula is C32H41N5O2. The van der Waals surface area contributed by atoms with E-state index in [-0.39, 0.29) is 17.9 Å². The average molecular weight is 528 g/mol. The van der Waals surface area contributed by atoms with Crippen molar-refractivity contribution < 1.29 is 9.59 Å². The molecule has 0 atom stereocenters. The Morgan fingerprint density at radius 2 is 1.51 bits per heavy atom. The van der Waals surface area contributed by atoms with Crippen molar-refractivity contribution in [3.8, 4) is 22.4 Å². The molecule has 1 aromatic heterocycles. The zero-order valence-corrected chi connectivity index (χ0v) is 23.8. The molecule has 39 heavy (non-hydrogen) atoms. The van der Waals surface area contributed by atoms with Crippen LogP contribution in [0.3, 0.4) is 0 Å². The molecule has 0 bridgehead atoms. The van der Waals surface area contributed by atoms with Crippen LogP contribution in [-0.2, 0) is 15.1 Å². The van der Waals surface area contributed by atoms with Gasteiger partial charge in [0.1, 0.15) is 5.69 Å². The lowest BCUT2D eigenvalue weighted by molar-refractivity contribution is -0.129. The molecule has 7 nitrogen and oxygen atoms in total. The van der Waals surface area contributed by atoms with Gasteiger partial charge in [0.25, 0.3) is 0 Å². The molecule has 2 amide bonds. The maximum Gasteiger partial charge on any atom is 0.225 e. The molecule has 0 aliphatic heterocycles. The number of nitrogens with one attached hydrogen (secondary N) is 2. The molecule has 206 valence electrons. The number of benzene rings is 2. The van der Waals surface area contributed by atoms with Gasteiger partial charge in [-0.05, 0) is 62.6 Å². The summed E-state index contributed by atoms with van der Waals surface area (Å²) in [5, 5.41) is 15.0. The first-order valence-electron chi connectivity index (χ1n) is 13.8. The van der Waals surface area contributed by atoms with E-state index >= 15 is 0 Å². The molecule has 0 unspecified atom stereocenters. The molecule has 4 N–H and O–H groups in total. The summed E-state index contributed by atoms with van der Waals surface area (Å²) in [5.74, 6) is 0.749. The van der Waals surface area contributed by atoms with Crippen LogP contribution >= 0.6 is 0 Å². The normalized spacial score (nSPS) is 17.9. The Balaban J connectivity index is 1.44. The van der Waals surface area contributed by atoms with Gasteiger partial charge in [0.2, 0.25) is 11.8 Å². The zero-order chi connectivity index (χ0) is 28.2. The van der Waals surface area contributed by atoms with Gasteiger partial charge in [-0.25, -0.2) is 0 Å². The summed E-state index contributed by atoms with van der Waals surface area (Å²) >= 11 is 0. The lowest BCUT2D eigenvalue weighted by Crippen LogP contribution is -2.43. The minimum Gasteiger partial charge on any atom is -0.353 e. The summed E-state index contributed by atoms with van der Waals surface area (Å²) in [6.45, 7) is 9.73. The number of carbonyl (C=O) groups excluding carboxylic acids is 2. The minimum absolute atomic E-state index is 0.0623. The zero-order valence-electron chi connectivity index (χ0n) is 23.8. The minimum atomic E-state index is -0.430. The summed E-state index contributed by atoms with van der Waals surface area (Å²) in [6.07, 6.45) is 4.05. The maximum atomic E-state index is 12.9. The molecule has 3 aromatic rings. The number of anilines is 1. The second-order valence-electron chi connectivity index (χ2n) is 12.4. The third-order valence-corrected chi connectivity index (χ3v) is 7.39. The van der Waals surface area contributed by atoms with Crippen molar-refractivity contribution in [2.45, 2.75) is 78.3 Å². The summed E-state index contributed by atoms with van der Waals surface area (Å²) in [7, 11) is 0. The number of aromatic nitrogens is 2. The number of nitrogens with zero attached hydrogens (tertiary/aromatic N) is 2. The maximum absolute atomic E-state index is 12.9. The average Bonchev–Trinajstić information content (AvgIpc) is 2.89. The van der Waals surface area contributed by atoms with Crippen LogP contribution in [0.5, 0.6) is 0 Å². The van der Waals surface area contributed by atoms with Crippen molar-refractivity contribution in [3.63, 3.8) is 0 Å². The molecule has 2 aromatic carbocycles. The van der Waals surface area contributed by atoms with Crippen LogP contribution in [0.4, 0.5) is 5.82 Å². The molecular weight excluding hydrogens is 486 g/mol. The highest BCUT2D eigenvalue weighted by Gasteiger charge is 2.28. The van der Waals surface area contributed by atoms with Crippen LogP contribution in [-0.4, -0.2) is 28.1 Å². The molecule has 1 fully saturated rings. The number of hydrogen-bond acceptors (Lipinski definition) is 5. The molecule has 1 heterocycles. The SMILES string of the molecule is CC(C)(C)C(=O)N[C@H]1CC[C@H](CC(=O)Nc2cc(-c3ccccc3)c(-c3ccc(C(C)(C)N)cc3)nn2)CC1. The molecule has 0 radical (unpaired) electrons. The van der Waals surface area contributed by atoms with Crippen molar-refractivity contribution in [1.29, 1.82) is 0 Å². The highest BCUT2D eigenvalue weighted by atomic mass is 16.2. The van der Waals surface area contributed by atoms with Crippen LogP contribution in [0.25, 0.3) is 22.4 Å². The number of rotatable bonds is 7. The Labute approximate surface area is 232 Å². The van der Waals surface area contributed by atoms with E-state index in [4.69, 9.17) is 5.73 Å². The van der Waals surface area contributed by atoms with Crippen molar-refractivity contribution in [2.75, 3.05) is 5.32 Å². The molecule has 7 heteroatoms. The lowest BCUT2D eigenvalue weighted by atomic mass is 9.83. The Bertz CT molecular complexity index is 1280. The van der Waals surface area contributed by atoms with Crippen LogP contribution in [0.1, 0.15) is 72.3 Å². The second-order valence-corrected chi connectivity index (χ2v) is 12.4. The first kappa shape index (κ1) is 28.4. The van der Waals surface area contributed by atoms with Gasteiger partial charge in [-0.1, -0.05) is 75.4 Å². The van der Waals surface area contributed by atoms with Crippen LogP contribution in [0, 0.1) is 11.3 Å². The monoisotopic (exact) mass is 527 g/mol. The fourth-order valence-corrected chi connectivity index (χ4v) is 4.93. The van der Waals surface area contributed by atoms with E-state index in [9.17, 15) is 9.59 Å². The van der Waals surface area contributed by atoms with Crippen molar-refractivity contribution in [2.24, 2.45) is 17.1 Å². The Kier molecular flexibility index (Phi) is 8.50. The summed E-state index contributed by atoms with van der Waals surface area (Å²) < 4.78 is 0. The fourth-order valence-electron chi connectivity index (χ4n) is 4.93. The van der Waals surface area contributed by atoms with E-state index in [2.05, 4.69) is 20.8 Å². The topological polar surface area (TPSA) is 110 Å². The van der Waals surface area contributed by atoms with Gasteiger partial charge in [0, 0.05) is 34.5 Å². The number of hydrogen-bond donors (Lipinski definition) is 3. The standard InChI is InChI=1S/C32H41N5O2/c1-31(2,3)30(39)34-25-17-11-21(12-18-25)19-28(38)35-27-20-26(22-9-7-6-8-10-22)29(37-36-27)23-13-15-24(16-14-23)32(4,5)33/h6-10,13-16,20-21,25H,11-12,17-19,33H2,1-5H3,(H,34,39)(H,35,36,38)/t21-,25-. The molecule has 1 aliphatic carbocycles. The largest absolute Gasteiger partial charge is 0.353 e. The molecule has 0 spiro atoms. The number of amides is 2. The van der Waals surface area contributed by atoms with Gasteiger partial charge in [-0.3, -0.25) is 9.59 Å². The van der Waals surface area contributed by atoms with Crippen LogP contribution in [0.15, 0.2) is 60.7 Å². The third-order valence-electron chi connectivity index (χ3n) is 7.39. The number of carbonyl (C=O) groups is 2.